The minimum atomic E-state index is -0.118. The predicted molar refractivity (Wildman–Crippen MR) is 85.4 cm³/mol. The lowest BCUT2D eigenvalue weighted by molar-refractivity contribution is 0.0461. The van der Waals surface area contributed by atoms with E-state index in [9.17, 15) is 4.79 Å². The molecule has 1 fully saturated rings. The number of ether oxygens (including phenoxy) is 1. The maximum Gasteiger partial charge on any atom is 0.322 e. The van der Waals surface area contributed by atoms with E-state index in [4.69, 9.17) is 16.3 Å². The smallest absolute Gasteiger partial charge is 0.322 e. The Morgan fingerprint density at radius 1 is 1.27 bits per heavy atom. The lowest BCUT2D eigenvalue weighted by Gasteiger charge is -2.38. The van der Waals surface area contributed by atoms with Crippen LogP contribution >= 0.6 is 11.6 Å². The average Bonchev–Trinajstić information content (AvgIpc) is 2.46. The number of carbonyl (C=O) groups excluding carboxylic acids is 1. The summed E-state index contributed by atoms with van der Waals surface area (Å²) in [6.45, 7) is 3.10. The number of nitrogens with zero attached hydrogens (tertiary/aromatic N) is 2. The molecule has 0 radical (unpaired) electrons. The summed E-state index contributed by atoms with van der Waals surface area (Å²) < 4.78 is 5.66. The second-order valence-corrected chi connectivity index (χ2v) is 5.69. The van der Waals surface area contributed by atoms with E-state index >= 15 is 0 Å². The van der Waals surface area contributed by atoms with E-state index in [-0.39, 0.29) is 12.1 Å². The first-order valence-electron chi connectivity index (χ1n) is 7.01. The van der Waals surface area contributed by atoms with Gasteiger partial charge in [-0.1, -0.05) is 29.3 Å². The molecule has 22 heavy (non-hydrogen) atoms. The van der Waals surface area contributed by atoms with Crippen molar-refractivity contribution in [1.29, 1.82) is 0 Å². The van der Waals surface area contributed by atoms with Crippen molar-refractivity contribution in [3.8, 4) is 5.88 Å². The molecule has 0 bridgehead atoms. The second kappa shape index (κ2) is 6.23. The van der Waals surface area contributed by atoms with Gasteiger partial charge in [-0.05, 0) is 25.1 Å². The van der Waals surface area contributed by atoms with Crippen LogP contribution in [0.3, 0.4) is 0 Å². The lowest BCUT2D eigenvalue weighted by Crippen LogP contribution is -2.57. The average molecular weight is 318 g/mol. The largest absolute Gasteiger partial charge is 0.471 e. The summed E-state index contributed by atoms with van der Waals surface area (Å²) >= 11 is 5.77. The van der Waals surface area contributed by atoms with E-state index in [0.29, 0.717) is 24.0 Å². The summed E-state index contributed by atoms with van der Waals surface area (Å²) in [5.41, 5.74) is 1.95. The van der Waals surface area contributed by atoms with Gasteiger partial charge in [0.05, 0.1) is 18.1 Å². The number of aromatic nitrogens is 1. The topological polar surface area (TPSA) is 54.5 Å². The summed E-state index contributed by atoms with van der Waals surface area (Å²) in [4.78, 5) is 17.8. The molecule has 1 aliphatic rings. The molecule has 1 N–H and O–H groups in total. The maximum absolute atomic E-state index is 12.0. The monoisotopic (exact) mass is 317 g/mol. The van der Waals surface area contributed by atoms with Gasteiger partial charge >= 0.3 is 6.03 Å². The number of rotatable bonds is 3. The summed E-state index contributed by atoms with van der Waals surface area (Å²) in [5, 5.41) is 3.43. The van der Waals surface area contributed by atoms with E-state index in [1.54, 1.807) is 17.0 Å². The highest BCUT2D eigenvalue weighted by molar-refractivity contribution is 6.30. The number of carbonyl (C=O) groups is 1. The van der Waals surface area contributed by atoms with Crippen molar-refractivity contribution >= 4 is 23.3 Å². The molecule has 3 rings (SSSR count). The zero-order valence-corrected chi connectivity index (χ0v) is 12.9. The zero-order valence-electron chi connectivity index (χ0n) is 12.1. The van der Waals surface area contributed by atoms with Crippen molar-refractivity contribution in [2.24, 2.45) is 0 Å². The molecule has 0 aliphatic carbocycles. The number of pyridine rings is 1. The first-order valence-corrected chi connectivity index (χ1v) is 7.39. The summed E-state index contributed by atoms with van der Waals surface area (Å²) in [6.07, 6.45) is 1.51. The molecule has 1 aromatic heterocycles. The maximum atomic E-state index is 12.0. The minimum absolute atomic E-state index is 0.0301. The van der Waals surface area contributed by atoms with Crippen LogP contribution in [0.1, 0.15) is 5.56 Å². The van der Waals surface area contributed by atoms with E-state index in [0.717, 1.165) is 11.3 Å². The third-order valence-electron chi connectivity index (χ3n) is 3.43. The van der Waals surface area contributed by atoms with Crippen LogP contribution < -0.4 is 10.1 Å². The van der Waals surface area contributed by atoms with E-state index in [1.165, 1.54) is 6.20 Å². The Labute approximate surface area is 133 Å². The fourth-order valence-corrected chi connectivity index (χ4v) is 2.23. The molecule has 2 aromatic rings. The van der Waals surface area contributed by atoms with Gasteiger partial charge in [0.2, 0.25) is 5.88 Å². The van der Waals surface area contributed by atoms with Gasteiger partial charge in [-0.3, -0.25) is 0 Å². The summed E-state index contributed by atoms with van der Waals surface area (Å²) in [6, 6.07) is 11.0. The second-order valence-electron chi connectivity index (χ2n) is 5.26. The number of amides is 2. The Balaban J connectivity index is 1.47. The van der Waals surface area contributed by atoms with Crippen LogP contribution in [0, 0.1) is 6.92 Å². The Hall–Kier alpha value is -2.27. The van der Waals surface area contributed by atoms with Crippen molar-refractivity contribution < 1.29 is 9.53 Å². The molecule has 114 valence electrons. The number of nitrogens with one attached hydrogen (secondary N) is 1. The first kappa shape index (κ1) is 14.7. The highest BCUT2D eigenvalue weighted by Crippen LogP contribution is 2.19. The molecule has 6 heteroatoms. The standard InChI is InChI=1S/C16H16ClN3O2/c1-11-2-5-13(6-3-11)19-16(21)20-9-14(10-20)22-15-7-4-12(17)8-18-15/h2-8,14H,9-10H2,1H3,(H,19,21). The first-order chi connectivity index (χ1) is 10.6. The van der Waals surface area contributed by atoms with Crippen LogP contribution in [0.4, 0.5) is 10.5 Å². The van der Waals surface area contributed by atoms with Gasteiger partial charge < -0.3 is 15.0 Å². The normalized spacial score (nSPS) is 14.4. The van der Waals surface area contributed by atoms with Gasteiger partial charge in [-0.2, -0.15) is 0 Å². The molecule has 0 unspecified atom stereocenters. The molecule has 0 atom stereocenters. The van der Waals surface area contributed by atoms with Gasteiger partial charge in [0, 0.05) is 18.0 Å². The SMILES string of the molecule is Cc1ccc(NC(=O)N2CC(Oc3ccc(Cl)cn3)C2)cc1. The van der Waals surface area contributed by atoms with Gasteiger partial charge in [-0.15, -0.1) is 0 Å². The zero-order chi connectivity index (χ0) is 15.5. The number of aryl methyl sites for hydroxylation is 1. The number of anilines is 1. The Kier molecular flexibility index (Phi) is 4.15. The van der Waals surface area contributed by atoms with Gasteiger partial charge in [0.15, 0.2) is 0 Å². The van der Waals surface area contributed by atoms with Crippen LogP contribution in [-0.2, 0) is 0 Å². The van der Waals surface area contributed by atoms with Crippen LogP contribution in [0.2, 0.25) is 5.02 Å². The van der Waals surface area contributed by atoms with E-state index < -0.39 is 0 Å². The minimum Gasteiger partial charge on any atom is -0.471 e. The number of urea groups is 1. The molecule has 0 spiro atoms. The lowest BCUT2D eigenvalue weighted by atomic mass is 10.2. The van der Waals surface area contributed by atoms with Crippen molar-refractivity contribution in [3.05, 3.63) is 53.2 Å². The molecule has 1 aliphatic heterocycles. The Bertz CT molecular complexity index is 652. The molecular weight excluding hydrogens is 302 g/mol. The molecule has 2 heterocycles. The quantitative estimate of drug-likeness (QED) is 0.944. The van der Waals surface area contributed by atoms with Crippen LogP contribution in [0.5, 0.6) is 5.88 Å². The number of hydrogen-bond acceptors (Lipinski definition) is 3. The van der Waals surface area contributed by atoms with E-state index in [1.807, 2.05) is 31.2 Å². The molecular formula is C16H16ClN3O2. The van der Waals surface area contributed by atoms with Crippen LogP contribution in [-0.4, -0.2) is 35.1 Å². The highest BCUT2D eigenvalue weighted by Gasteiger charge is 2.32. The van der Waals surface area contributed by atoms with Crippen molar-refractivity contribution in [2.45, 2.75) is 13.0 Å². The van der Waals surface area contributed by atoms with Crippen LogP contribution in [0.25, 0.3) is 0 Å². The molecule has 0 saturated carbocycles. The molecule has 1 saturated heterocycles. The Morgan fingerprint density at radius 2 is 2.00 bits per heavy atom. The number of hydrogen-bond donors (Lipinski definition) is 1. The number of benzene rings is 1. The summed E-state index contributed by atoms with van der Waals surface area (Å²) in [7, 11) is 0. The van der Waals surface area contributed by atoms with Crippen molar-refractivity contribution in [3.63, 3.8) is 0 Å². The number of halogens is 1. The van der Waals surface area contributed by atoms with Crippen molar-refractivity contribution in [1.82, 2.24) is 9.88 Å². The number of likely N-dealkylation sites (tertiary alicyclic amines) is 1. The Morgan fingerprint density at radius 3 is 2.64 bits per heavy atom. The molecule has 1 aromatic carbocycles. The highest BCUT2D eigenvalue weighted by atomic mass is 35.5. The van der Waals surface area contributed by atoms with E-state index in [2.05, 4.69) is 10.3 Å². The van der Waals surface area contributed by atoms with Gasteiger partial charge in [0.25, 0.3) is 0 Å². The fourth-order valence-electron chi connectivity index (χ4n) is 2.12. The van der Waals surface area contributed by atoms with Crippen LogP contribution in [0.15, 0.2) is 42.6 Å². The molecule has 2 amide bonds. The third-order valence-corrected chi connectivity index (χ3v) is 3.65. The van der Waals surface area contributed by atoms with Crippen molar-refractivity contribution in [2.75, 3.05) is 18.4 Å². The third kappa shape index (κ3) is 3.49. The van der Waals surface area contributed by atoms with Gasteiger partial charge in [-0.25, -0.2) is 9.78 Å². The van der Waals surface area contributed by atoms with Gasteiger partial charge in [0.1, 0.15) is 6.10 Å². The summed E-state index contributed by atoms with van der Waals surface area (Å²) in [5.74, 6) is 0.521. The fraction of sp³-hybridized carbons (Fsp3) is 0.250. The molecule has 5 nitrogen and oxygen atoms in total. The predicted octanol–water partition coefficient (Wildman–Crippen LogP) is 3.34.